The minimum Gasteiger partial charge on any atom is -0.366 e. The third-order valence-corrected chi connectivity index (χ3v) is 5.08. The lowest BCUT2D eigenvalue weighted by Gasteiger charge is -2.10. The molecule has 0 unspecified atom stereocenters. The molecule has 0 aliphatic heterocycles. The fraction of sp³-hybridized carbons (Fsp3) is 0.276. The predicted molar refractivity (Wildman–Crippen MR) is 143 cm³/mol. The van der Waals surface area contributed by atoms with Gasteiger partial charge in [0.15, 0.2) is 0 Å². The maximum atomic E-state index is 4.66. The van der Waals surface area contributed by atoms with Gasteiger partial charge in [0, 0.05) is 41.8 Å². The van der Waals surface area contributed by atoms with Crippen molar-refractivity contribution in [2.75, 3.05) is 11.9 Å². The number of nitrogens with zero attached hydrogens (tertiary/aromatic N) is 3. The Hall–Kier alpha value is -3.53. The molecule has 0 bridgehead atoms. The maximum absolute atomic E-state index is 4.66. The van der Waals surface area contributed by atoms with Gasteiger partial charge in [0.05, 0.1) is 5.69 Å². The summed E-state index contributed by atoms with van der Waals surface area (Å²) in [7, 11) is 0. The molecule has 0 saturated carbocycles. The van der Waals surface area contributed by atoms with E-state index in [0.29, 0.717) is 6.54 Å². The summed E-state index contributed by atoms with van der Waals surface area (Å²) >= 11 is 0. The molecule has 0 aliphatic carbocycles. The highest BCUT2D eigenvalue weighted by Crippen LogP contribution is 2.25. The molecule has 0 fully saturated rings. The van der Waals surface area contributed by atoms with Crippen molar-refractivity contribution in [3.05, 3.63) is 95.6 Å². The molecule has 0 saturated heterocycles. The van der Waals surface area contributed by atoms with Gasteiger partial charge in [-0.15, -0.1) is 0 Å². The number of hydrogen-bond acceptors (Lipinski definition) is 4. The van der Waals surface area contributed by atoms with Gasteiger partial charge >= 0.3 is 0 Å². The topological polar surface area (TPSA) is 50.7 Å². The van der Waals surface area contributed by atoms with Crippen LogP contribution < -0.4 is 5.32 Å². The number of aromatic nitrogens is 3. The largest absolute Gasteiger partial charge is 0.366 e. The predicted octanol–water partition coefficient (Wildman–Crippen LogP) is 7.85. The van der Waals surface area contributed by atoms with E-state index in [1.165, 1.54) is 16.7 Å². The number of rotatable bonds is 7. The van der Waals surface area contributed by atoms with Gasteiger partial charge in [-0.3, -0.25) is 9.97 Å². The lowest BCUT2D eigenvalue weighted by Crippen LogP contribution is -2.05. The van der Waals surface area contributed by atoms with E-state index in [4.69, 9.17) is 0 Å². The highest BCUT2D eigenvalue weighted by atomic mass is 15.0. The van der Waals surface area contributed by atoms with E-state index in [9.17, 15) is 0 Å². The molecule has 0 spiro atoms. The first-order chi connectivity index (χ1) is 15.8. The molecule has 3 heterocycles. The summed E-state index contributed by atoms with van der Waals surface area (Å²) in [6.45, 7) is 19.0. The standard InChI is InChI=1S/C27H30N4.C2H6/c1-18(2)13-21(5)20(4)8-7-19(3)16-31-27-25-17-30-26(15-23(25)9-12-29-27)24-10-11-28-22(6)14-24;1-2/h7-15,17H,1,16H2,2-6H3,(H,29,31);1-2H3/b19-7+,20-8+,21-13+;. The zero-order chi connectivity index (χ0) is 24.4. The van der Waals surface area contributed by atoms with Gasteiger partial charge in [-0.05, 0) is 75.4 Å². The van der Waals surface area contributed by atoms with Crippen LogP contribution in [0.4, 0.5) is 5.82 Å². The summed E-state index contributed by atoms with van der Waals surface area (Å²) in [5, 5.41) is 5.57. The lowest BCUT2D eigenvalue weighted by molar-refractivity contribution is 1.16. The number of aryl methyl sites for hydroxylation is 1. The number of hydrogen-bond donors (Lipinski definition) is 1. The second-order valence-corrected chi connectivity index (χ2v) is 8.03. The van der Waals surface area contributed by atoms with Crippen molar-refractivity contribution in [3.63, 3.8) is 0 Å². The molecule has 0 atom stereocenters. The van der Waals surface area contributed by atoms with E-state index < -0.39 is 0 Å². The van der Waals surface area contributed by atoms with Crippen molar-refractivity contribution < 1.29 is 0 Å². The van der Waals surface area contributed by atoms with Crippen LogP contribution in [0, 0.1) is 6.92 Å². The molecule has 3 aromatic heterocycles. The fourth-order valence-corrected chi connectivity index (χ4v) is 3.24. The molecular weight excluding hydrogens is 404 g/mol. The van der Waals surface area contributed by atoms with Crippen LogP contribution in [0.5, 0.6) is 0 Å². The molecule has 172 valence electrons. The summed E-state index contributed by atoms with van der Waals surface area (Å²) < 4.78 is 0. The fourth-order valence-electron chi connectivity index (χ4n) is 3.24. The van der Waals surface area contributed by atoms with Gasteiger partial charge in [0.1, 0.15) is 5.82 Å². The Morgan fingerprint density at radius 3 is 2.36 bits per heavy atom. The normalized spacial score (nSPS) is 12.3. The quantitative estimate of drug-likeness (QED) is 0.380. The van der Waals surface area contributed by atoms with Crippen LogP contribution in [0.25, 0.3) is 22.0 Å². The number of allylic oxidation sites excluding steroid dienone is 6. The Morgan fingerprint density at radius 2 is 1.67 bits per heavy atom. The highest BCUT2D eigenvalue weighted by molar-refractivity contribution is 5.93. The number of anilines is 1. The molecule has 0 radical (unpaired) electrons. The second-order valence-electron chi connectivity index (χ2n) is 8.03. The maximum Gasteiger partial charge on any atom is 0.135 e. The number of pyridine rings is 3. The van der Waals surface area contributed by atoms with Crippen LogP contribution in [0.1, 0.15) is 47.2 Å². The summed E-state index contributed by atoms with van der Waals surface area (Å²) in [6, 6.07) is 8.15. The van der Waals surface area contributed by atoms with E-state index in [2.05, 4.69) is 71.9 Å². The summed E-state index contributed by atoms with van der Waals surface area (Å²) in [5.74, 6) is 0.842. The molecule has 0 aliphatic rings. The smallest absolute Gasteiger partial charge is 0.135 e. The van der Waals surface area contributed by atoms with Crippen molar-refractivity contribution in [1.29, 1.82) is 0 Å². The van der Waals surface area contributed by atoms with Gasteiger partial charge < -0.3 is 5.32 Å². The zero-order valence-corrected chi connectivity index (χ0v) is 21.0. The van der Waals surface area contributed by atoms with Crippen molar-refractivity contribution in [2.45, 2.75) is 48.5 Å². The van der Waals surface area contributed by atoms with Crippen LogP contribution in [0.15, 0.2) is 90.0 Å². The average molecular weight is 441 g/mol. The molecule has 33 heavy (non-hydrogen) atoms. The molecule has 1 N–H and O–H groups in total. The Bertz CT molecular complexity index is 1200. The van der Waals surface area contributed by atoms with E-state index in [-0.39, 0.29) is 0 Å². The Labute approximate surface area is 198 Å². The minimum absolute atomic E-state index is 0.713. The summed E-state index contributed by atoms with van der Waals surface area (Å²) in [4.78, 5) is 13.5. The molecule has 0 aromatic carbocycles. The minimum atomic E-state index is 0.713. The number of fused-ring (bicyclic) bond motifs is 1. The van der Waals surface area contributed by atoms with Crippen molar-refractivity contribution in [2.24, 2.45) is 0 Å². The Kier molecular flexibility index (Phi) is 9.74. The zero-order valence-electron chi connectivity index (χ0n) is 21.0. The Morgan fingerprint density at radius 1 is 0.939 bits per heavy atom. The summed E-state index contributed by atoms with van der Waals surface area (Å²) in [6.07, 6.45) is 11.9. The van der Waals surface area contributed by atoms with Crippen LogP contribution in [-0.2, 0) is 0 Å². The first kappa shape index (κ1) is 25.7. The Balaban J connectivity index is 0.00000187. The first-order valence-corrected chi connectivity index (χ1v) is 11.4. The van der Waals surface area contributed by atoms with Crippen LogP contribution in [0.3, 0.4) is 0 Å². The van der Waals surface area contributed by atoms with Gasteiger partial charge in [-0.1, -0.05) is 49.8 Å². The van der Waals surface area contributed by atoms with E-state index in [1.807, 2.05) is 64.5 Å². The van der Waals surface area contributed by atoms with E-state index in [0.717, 1.165) is 39.1 Å². The van der Waals surface area contributed by atoms with Crippen molar-refractivity contribution in [1.82, 2.24) is 15.0 Å². The third kappa shape index (κ3) is 7.53. The summed E-state index contributed by atoms with van der Waals surface area (Å²) in [5.41, 5.74) is 7.72. The average Bonchev–Trinajstić information content (AvgIpc) is 2.81. The van der Waals surface area contributed by atoms with E-state index in [1.54, 1.807) is 0 Å². The SMILES string of the molecule is C=C(C)/C=C(C)/C(C)=C/C=C(\C)CNc1nccc2cc(-c3ccnc(C)c3)ncc12.CC. The van der Waals surface area contributed by atoms with Gasteiger partial charge in [-0.2, -0.15) is 0 Å². The monoisotopic (exact) mass is 440 g/mol. The van der Waals surface area contributed by atoms with Crippen LogP contribution >= 0.6 is 0 Å². The van der Waals surface area contributed by atoms with Gasteiger partial charge in [-0.25, -0.2) is 4.98 Å². The lowest BCUT2D eigenvalue weighted by atomic mass is 10.1. The third-order valence-electron chi connectivity index (χ3n) is 5.08. The van der Waals surface area contributed by atoms with Gasteiger partial charge in [0.2, 0.25) is 0 Å². The molecular formula is C29H36N4. The van der Waals surface area contributed by atoms with E-state index >= 15 is 0 Å². The molecule has 4 nitrogen and oxygen atoms in total. The highest BCUT2D eigenvalue weighted by Gasteiger charge is 2.06. The van der Waals surface area contributed by atoms with Crippen molar-refractivity contribution in [3.8, 4) is 11.3 Å². The molecule has 3 aromatic rings. The van der Waals surface area contributed by atoms with Crippen LogP contribution in [-0.4, -0.2) is 21.5 Å². The second kappa shape index (κ2) is 12.5. The van der Waals surface area contributed by atoms with Gasteiger partial charge in [0.25, 0.3) is 0 Å². The molecule has 4 heteroatoms. The molecule has 0 amide bonds. The first-order valence-electron chi connectivity index (χ1n) is 11.4. The molecule has 3 rings (SSSR count). The van der Waals surface area contributed by atoms with Crippen molar-refractivity contribution >= 4 is 16.6 Å². The number of nitrogens with one attached hydrogen (secondary N) is 1. The van der Waals surface area contributed by atoms with Crippen LogP contribution in [0.2, 0.25) is 0 Å².